The molecule has 0 aliphatic heterocycles. The van der Waals surface area contributed by atoms with Crippen molar-refractivity contribution in [3.8, 4) is 5.75 Å². The van der Waals surface area contributed by atoms with Gasteiger partial charge in [-0.15, -0.1) is 0 Å². The number of carbonyl (C=O) groups excluding carboxylic acids is 1. The average Bonchev–Trinajstić information content (AvgIpc) is 2.37. The van der Waals surface area contributed by atoms with Gasteiger partial charge < -0.3 is 15.4 Å². The van der Waals surface area contributed by atoms with Crippen LogP contribution in [0.3, 0.4) is 0 Å². The molecule has 1 aromatic carbocycles. The highest BCUT2D eigenvalue weighted by molar-refractivity contribution is 5.76. The first-order chi connectivity index (χ1) is 9.11. The van der Waals surface area contributed by atoms with Crippen LogP contribution < -0.4 is 15.4 Å². The van der Waals surface area contributed by atoms with Crippen molar-refractivity contribution < 1.29 is 9.53 Å². The van der Waals surface area contributed by atoms with Gasteiger partial charge in [-0.25, -0.2) is 0 Å². The smallest absolute Gasteiger partial charge is 0.223 e. The molecule has 0 aliphatic carbocycles. The molecule has 0 unspecified atom stereocenters. The molecule has 19 heavy (non-hydrogen) atoms. The van der Waals surface area contributed by atoms with E-state index in [1.54, 1.807) is 0 Å². The highest BCUT2D eigenvalue weighted by atomic mass is 16.5. The van der Waals surface area contributed by atoms with E-state index in [1.807, 2.05) is 38.1 Å². The number of nitrogens with one attached hydrogen (secondary N) is 2. The fraction of sp³-hybridized carbons (Fsp3) is 0.533. The Morgan fingerprint density at radius 2 is 1.95 bits per heavy atom. The first kappa shape index (κ1) is 15.5. The van der Waals surface area contributed by atoms with Crippen LogP contribution in [0.1, 0.15) is 32.8 Å². The van der Waals surface area contributed by atoms with Gasteiger partial charge in [0.05, 0.1) is 13.0 Å². The van der Waals surface area contributed by atoms with E-state index in [2.05, 4.69) is 17.6 Å². The monoisotopic (exact) mass is 264 g/mol. The van der Waals surface area contributed by atoms with Crippen molar-refractivity contribution >= 4 is 5.91 Å². The van der Waals surface area contributed by atoms with Crippen molar-refractivity contribution in [3.63, 3.8) is 0 Å². The summed E-state index contributed by atoms with van der Waals surface area (Å²) in [6.45, 7) is 8.21. The molecule has 1 rings (SSSR count). The zero-order valence-corrected chi connectivity index (χ0v) is 12.0. The Bertz CT molecular complexity index is 374. The number of hydrogen-bond donors (Lipinski definition) is 2. The second-order valence-corrected chi connectivity index (χ2v) is 4.74. The predicted octanol–water partition coefficient (Wildman–Crippen LogP) is 2.09. The molecule has 0 aliphatic rings. The molecule has 4 heteroatoms. The molecule has 0 spiro atoms. The Morgan fingerprint density at radius 3 is 2.53 bits per heavy atom. The normalized spacial score (nSPS) is 10.5. The minimum atomic E-state index is 0.0266. The molecule has 0 bridgehead atoms. The SMILES string of the molecule is CCNCc1ccc(OCCC(=O)NC(C)C)cc1. The van der Waals surface area contributed by atoms with Crippen molar-refractivity contribution in [1.29, 1.82) is 0 Å². The van der Waals surface area contributed by atoms with E-state index in [9.17, 15) is 4.79 Å². The molecule has 0 aromatic heterocycles. The lowest BCUT2D eigenvalue weighted by Crippen LogP contribution is -2.31. The molecule has 2 N–H and O–H groups in total. The standard InChI is InChI=1S/C15H24N2O2/c1-4-16-11-13-5-7-14(8-6-13)19-10-9-15(18)17-12(2)3/h5-8,12,16H,4,9-11H2,1-3H3,(H,17,18). The Labute approximate surface area is 115 Å². The topological polar surface area (TPSA) is 50.4 Å². The quantitative estimate of drug-likeness (QED) is 0.756. The van der Waals surface area contributed by atoms with Gasteiger partial charge in [-0.3, -0.25) is 4.79 Å². The molecule has 1 aromatic rings. The number of ether oxygens (including phenoxy) is 1. The lowest BCUT2D eigenvalue weighted by molar-refractivity contribution is -0.122. The van der Waals surface area contributed by atoms with Crippen LogP contribution in [0, 0.1) is 0 Å². The number of carbonyl (C=O) groups is 1. The average molecular weight is 264 g/mol. The summed E-state index contributed by atoms with van der Waals surface area (Å²) in [6.07, 6.45) is 0.386. The Morgan fingerprint density at radius 1 is 1.26 bits per heavy atom. The fourth-order valence-electron chi connectivity index (χ4n) is 1.63. The summed E-state index contributed by atoms with van der Waals surface area (Å²) in [5.74, 6) is 0.830. The van der Waals surface area contributed by atoms with Gasteiger partial charge in [-0.05, 0) is 38.1 Å². The number of rotatable bonds is 8. The maximum atomic E-state index is 11.4. The summed E-state index contributed by atoms with van der Waals surface area (Å²) >= 11 is 0. The summed E-state index contributed by atoms with van der Waals surface area (Å²) < 4.78 is 5.54. The third kappa shape index (κ3) is 6.82. The third-order valence-electron chi connectivity index (χ3n) is 2.55. The predicted molar refractivity (Wildman–Crippen MR) is 77.2 cm³/mol. The minimum absolute atomic E-state index is 0.0266. The Kier molecular flexibility index (Phi) is 6.97. The van der Waals surface area contributed by atoms with Crippen molar-refractivity contribution in [2.24, 2.45) is 0 Å². The van der Waals surface area contributed by atoms with Crippen LogP contribution in [-0.2, 0) is 11.3 Å². The van der Waals surface area contributed by atoms with Crippen molar-refractivity contribution in [1.82, 2.24) is 10.6 Å². The van der Waals surface area contributed by atoms with Gasteiger partial charge in [0.2, 0.25) is 5.91 Å². The summed E-state index contributed by atoms with van der Waals surface area (Å²) in [4.78, 5) is 11.4. The van der Waals surface area contributed by atoms with Crippen LogP contribution in [-0.4, -0.2) is 25.1 Å². The van der Waals surface area contributed by atoms with E-state index in [0.29, 0.717) is 13.0 Å². The van der Waals surface area contributed by atoms with Crippen LogP contribution >= 0.6 is 0 Å². The number of hydrogen-bond acceptors (Lipinski definition) is 3. The van der Waals surface area contributed by atoms with Crippen molar-refractivity contribution in [3.05, 3.63) is 29.8 Å². The summed E-state index contributed by atoms with van der Waals surface area (Å²) in [7, 11) is 0. The molecular weight excluding hydrogens is 240 g/mol. The van der Waals surface area contributed by atoms with Gasteiger partial charge >= 0.3 is 0 Å². The zero-order valence-electron chi connectivity index (χ0n) is 12.0. The maximum Gasteiger partial charge on any atom is 0.223 e. The van der Waals surface area contributed by atoms with E-state index < -0.39 is 0 Å². The first-order valence-electron chi connectivity index (χ1n) is 6.83. The van der Waals surface area contributed by atoms with Crippen molar-refractivity contribution in [2.45, 2.75) is 39.8 Å². The van der Waals surface area contributed by atoms with Crippen LogP contribution in [0.2, 0.25) is 0 Å². The van der Waals surface area contributed by atoms with Gasteiger partial charge in [0, 0.05) is 12.6 Å². The molecule has 0 heterocycles. The number of benzene rings is 1. The largest absolute Gasteiger partial charge is 0.493 e. The van der Waals surface area contributed by atoms with Crippen LogP contribution in [0.15, 0.2) is 24.3 Å². The van der Waals surface area contributed by atoms with Gasteiger partial charge in [-0.2, -0.15) is 0 Å². The van der Waals surface area contributed by atoms with Gasteiger partial charge in [-0.1, -0.05) is 19.1 Å². The van der Waals surface area contributed by atoms with E-state index in [1.165, 1.54) is 5.56 Å². The minimum Gasteiger partial charge on any atom is -0.493 e. The fourth-order valence-corrected chi connectivity index (χ4v) is 1.63. The van der Waals surface area contributed by atoms with Gasteiger partial charge in [0.1, 0.15) is 5.75 Å². The molecule has 0 saturated heterocycles. The lowest BCUT2D eigenvalue weighted by atomic mass is 10.2. The van der Waals surface area contributed by atoms with Crippen LogP contribution in [0.5, 0.6) is 5.75 Å². The van der Waals surface area contributed by atoms with Gasteiger partial charge in [0.25, 0.3) is 0 Å². The molecule has 106 valence electrons. The van der Waals surface area contributed by atoms with E-state index >= 15 is 0 Å². The second kappa shape index (κ2) is 8.53. The molecule has 1 amide bonds. The highest BCUT2D eigenvalue weighted by Crippen LogP contribution is 2.12. The van der Waals surface area contributed by atoms with Crippen LogP contribution in [0.4, 0.5) is 0 Å². The van der Waals surface area contributed by atoms with Gasteiger partial charge in [0.15, 0.2) is 0 Å². The molecule has 0 fully saturated rings. The van der Waals surface area contributed by atoms with E-state index in [-0.39, 0.29) is 11.9 Å². The first-order valence-corrected chi connectivity index (χ1v) is 6.83. The molecule has 0 saturated carbocycles. The summed E-state index contributed by atoms with van der Waals surface area (Å²) in [5.41, 5.74) is 1.23. The zero-order chi connectivity index (χ0) is 14.1. The maximum absolute atomic E-state index is 11.4. The molecule has 4 nitrogen and oxygen atoms in total. The lowest BCUT2D eigenvalue weighted by Gasteiger charge is -2.10. The van der Waals surface area contributed by atoms with Crippen LogP contribution in [0.25, 0.3) is 0 Å². The third-order valence-corrected chi connectivity index (χ3v) is 2.55. The van der Waals surface area contributed by atoms with E-state index in [4.69, 9.17) is 4.74 Å². The summed E-state index contributed by atoms with van der Waals surface area (Å²) in [6, 6.07) is 8.12. The Balaban J connectivity index is 2.28. The molecule has 0 atom stereocenters. The summed E-state index contributed by atoms with van der Waals surface area (Å²) in [5, 5.41) is 6.10. The molecule has 0 radical (unpaired) electrons. The molecular formula is C15H24N2O2. The van der Waals surface area contributed by atoms with Crippen molar-refractivity contribution in [2.75, 3.05) is 13.2 Å². The second-order valence-electron chi connectivity index (χ2n) is 4.74. The number of amides is 1. The highest BCUT2D eigenvalue weighted by Gasteiger charge is 2.03. The van der Waals surface area contributed by atoms with E-state index in [0.717, 1.165) is 18.8 Å². The Hall–Kier alpha value is -1.55.